The van der Waals surface area contributed by atoms with E-state index >= 15 is 0 Å². The highest BCUT2D eigenvalue weighted by Crippen LogP contribution is 2.21. The molecule has 3 rings (SSSR count). The van der Waals surface area contributed by atoms with Crippen molar-refractivity contribution in [3.8, 4) is 17.3 Å². The van der Waals surface area contributed by atoms with Crippen LogP contribution < -0.4 is 10.5 Å². The van der Waals surface area contributed by atoms with Gasteiger partial charge in [0.05, 0.1) is 7.11 Å². The van der Waals surface area contributed by atoms with Crippen molar-refractivity contribution in [2.75, 3.05) is 7.11 Å². The Hall–Kier alpha value is -2.25. The first-order chi connectivity index (χ1) is 10.3. The Morgan fingerprint density at radius 1 is 1.24 bits per heavy atom. The molecule has 0 amide bonds. The van der Waals surface area contributed by atoms with Crippen molar-refractivity contribution in [2.45, 2.75) is 13.0 Å². The quantitative estimate of drug-likeness (QED) is 0.778. The standard InChI is InChI=1S/C14H14N4O2S/c1-19-10-4-2-9(3-5-10)6-12-17-14(20-18-12)11-8-21-13(7-15)16-11/h2-5,8H,6-7,15H2,1H3. The molecular formula is C14H14N4O2S. The summed E-state index contributed by atoms with van der Waals surface area (Å²) in [4.78, 5) is 8.68. The van der Waals surface area contributed by atoms with E-state index in [0.717, 1.165) is 16.3 Å². The van der Waals surface area contributed by atoms with Crippen molar-refractivity contribution in [2.24, 2.45) is 5.73 Å². The second kappa shape index (κ2) is 6.02. The number of rotatable bonds is 5. The van der Waals surface area contributed by atoms with Gasteiger partial charge in [-0.3, -0.25) is 0 Å². The molecule has 2 N–H and O–H groups in total. The van der Waals surface area contributed by atoms with Gasteiger partial charge in [0.15, 0.2) is 5.82 Å². The number of hydrogen-bond donors (Lipinski definition) is 1. The van der Waals surface area contributed by atoms with E-state index in [1.54, 1.807) is 7.11 Å². The molecule has 0 radical (unpaired) electrons. The molecule has 6 nitrogen and oxygen atoms in total. The summed E-state index contributed by atoms with van der Waals surface area (Å²) in [5.41, 5.74) is 7.31. The maximum Gasteiger partial charge on any atom is 0.277 e. The van der Waals surface area contributed by atoms with Crippen LogP contribution in [-0.2, 0) is 13.0 Å². The molecule has 3 aromatic rings. The molecule has 0 aliphatic heterocycles. The second-order valence-electron chi connectivity index (χ2n) is 4.37. The summed E-state index contributed by atoms with van der Waals surface area (Å²) in [6, 6.07) is 7.77. The molecule has 0 atom stereocenters. The zero-order valence-corrected chi connectivity index (χ0v) is 12.3. The lowest BCUT2D eigenvalue weighted by Crippen LogP contribution is -1.94. The fourth-order valence-electron chi connectivity index (χ4n) is 1.86. The molecule has 0 unspecified atom stereocenters. The Morgan fingerprint density at radius 2 is 2.05 bits per heavy atom. The number of benzene rings is 1. The maximum atomic E-state index is 5.54. The van der Waals surface area contributed by atoms with Gasteiger partial charge in [-0.05, 0) is 17.7 Å². The Morgan fingerprint density at radius 3 is 2.71 bits per heavy atom. The lowest BCUT2D eigenvalue weighted by molar-refractivity contribution is 0.414. The molecule has 0 bridgehead atoms. The Balaban J connectivity index is 1.74. The van der Waals surface area contributed by atoms with Gasteiger partial charge in [0.1, 0.15) is 16.5 Å². The molecule has 21 heavy (non-hydrogen) atoms. The smallest absolute Gasteiger partial charge is 0.277 e. The maximum absolute atomic E-state index is 5.54. The SMILES string of the molecule is COc1ccc(Cc2noc(-c3csc(CN)n3)n2)cc1. The minimum Gasteiger partial charge on any atom is -0.497 e. The summed E-state index contributed by atoms with van der Waals surface area (Å²) in [7, 11) is 1.64. The number of nitrogens with zero attached hydrogens (tertiary/aromatic N) is 3. The Bertz CT molecular complexity index is 721. The summed E-state index contributed by atoms with van der Waals surface area (Å²) in [6.07, 6.45) is 0.599. The second-order valence-corrected chi connectivity index (χ2v) is 5.31. The van der Waals surface area contributed by atoms with E-state index in [0.29, 0.717) is 30.4 Å². The van der Waals surface area contributed by atoms with Gasteiger partial charge in [-0.1, -0.05) is 17.3 Å². The average molecular weight is 302 g/mol. The van der Waals surface area contributed by atoms with Crippen molar-refractivity contribution in [1.29, 1.82) is 0 Å². The summed E-state index contributed by atoms with van der Waals surface area (Å²) in [5, 5.41) is 6.70. The van der Waals surface area contributed by atoms with Crippen molar-refractivity contribution >= 4 is 11.3 Å². The highest BCUT2D eigenvalue weighted by atomic mass is 32.1. The molecule has 0 aliphatic rings. The summed E-state index contributed by atoms with van der Waals surface area (Å²) in [6.45, 7) is 0.414. The third kappa shape index (κ3) is 3.09. The largest absolute Gasteiger partial charge is 0.497 e. The highest BCUT2D eigenvalue weighted by molar-refractivity contribution is 7.09. The zero-order chi connectivity index (χ0) is 14.7. The fourth-order valence-corrected chi connectivity index (χ4v) is 2.51. The predicted molar refractivity (Wildman–Crippen MR) is 79.1 cm³/mol. The number of hydrogen-bond acceptors (Lipinski definition) is 7. The van der Waals surface area contributed by atoms with Crippen molar-refractivity contribution in [1.82, 2.24) is 15.1 Å². The first kappa shape index (κ1) is 13.7. The lowest BCUT2D eigenvalue weighted by atomic mass is 10.1. The molecule has 7 heteroatoms. The molecule has 0 aliphatic carbocycles. The van der Waals surface area contributed by atoms with Crippen LogP contribution in [0.5, 0.6) is 5.75 Å². The first-order valence-electron chi connectivity index (χ1n) is 6.39. The molecule has 2 aromatic heterocycles. The van der Waals surface area contributed by atoms with E-state index in [9.17, 15) is 0 Å². The van der Waals surface area contributed by atoms with Crippen LogP contribution in [0.15, 0.2) is 34.2 Å². The number of aromatic nitrogens is 3. The monoisotopic (exact) mass is 302 g/mol. The zero-order valence-electron chi connectivity index (χ0n) is 11.4. The number of ether oxygens (including phenoxy) is 1. The molecule has 0 fully saturated rings. The molecule has 0 saturated carbocycles. The van der Waals surface area contributed by atoms with Crippen LogP contribution in [-0.4, -0.2) is 22.2 Å². The lowest BCUT2D eigenvalue weighted by Gasteiger charge is -2.00. The topological polar surface area (TPSA) is 87.1 Å². The van der Waals surface area contributed by atoms with Gasteiger partial charge in [-0.15, -0.1) is 11.3 Å². The van der Waals surface area contributed by atoms with E-state index in [4.69, 9.17) is 15.0 Å². The van der Waals surface area contributed by atoms with E-state index in [1.807, 2.05) is 29.6 Å². The van der Waals surface area contributed by atoms with Gasteiger partial charge in [0.2, 0.25) is 0 Å². The number of thiazole rings is 1. The van der Waals surface area contributed by atoms with Gasteiger partial charge in [0.25, 0.3) is 5.89 Å². The molecule has 2 heterocycles. The molecule has 108 valence electrons. The summed E-state index contributed by atoms with van der Waals surface area (Å²) in [5.74, 6) is 1.87. The third-order valence-corrected chi connectivity index (χ3v) is 3.81. The normalized spacial score (nSPS) is 10.8. The van der Waals surface area contributed by atoms with Gasteiger partial charge >= 0.3 is 0 Å². The molecule has 0 saturated heterocycles. The summed E-state index contributed by atoms with van der Waals surface area (Å²) < 4.78 is 10.4. The molecule has 0 spiro atoms. The van der Waals surface area contributed by atoms with Gasteiger partial charge in [-0.2, -0.15) is 4.98 Å². The minimum absolute atomic E-state index is 0.414. The van der Waals surface area contributed by atoms with Crippen molar-refractivity contribution in [3.05, 3.63) is 46.0 Å². The van der Waals surface area contributed by atoms with E-state index < -0.39 is 0 Å². The predicted octanol–water partition coefficient (Wildman–Crippen LogP) is 2.25. The van der Waals surface area contributed by atoms with E-state index in [-0.39, 0.29) is 0 Å². The highest BCUT2D eigenvalue weighted by Gasteiger charge is 2.12. The molecular weight excluding hydrogens is 288 g/mol. The van der Waals surface area contributed by atoms with Crippen LogP contribution >= 0.6 is 11.3 Å². The van der Waals surface area contributed by atoms with E-state index in [2.05, 4.69) is 15.1 Å². The van der Waals surface area contributed by atoms with Gasteiger partial charge in [0, 0.05) is 18.3 Å². The summed E-state index contributed by atoms with van der Waals surface area (Å²) >= 11 is 1.48. The Labute approximate surface area is 125 Å². The van der Waals surface area contributed by atoms with Crippen LogP contribution in [0.4, 0.5) is 0 Å². The van der Waals surface area contributed by atoms with Crippen LogP contribution in [0.2, 0.25) is 0 Å². The average Bonchev–Trinajstić information content (AvgIpc) is 3.16. The van der Waals surface area contributed by atoms with Gasteiger partial charge in [-0.25, -0.2) is 4.98 Å². The Kier molecular flexibility index (Phi) is 3.94. The van der Waals surface area contributed by atoms with E-state index in [1.165, 1.54) is 11.3 Å². The van der Waals surface area contributed by atoms with Crippen molar-refractivity contribution < 1.29 is 9.26 Å². The number of nitrogens with two attached hydrogens (primary N) is 1. The number of methoxy groups -OCH3 is 1. The van der Waals surface area contributed by atoms with Crippen LogP contribution in [0.1, 0.15) is 16.4 Å². The van der Waals surface area contributed by atoms with Crippen LogP contribution in [0.3, 0.4) is 0 Å². The van der Waals surface area contributed by atoms with Crippen LogP contribution in [0, 0.1) is 0 Å². The molecule has 1 aromatic carbocycles. The van der Waals surface area contributed by atoms with Gasteiger partial charge < -0.3 is 15.0 Å². The van der Waals surface area contributed by atoms with Crippen LogP contribution in [0.25, 0.3) is 11.6 Å². The first-order valence-corrected chi connectivity index (χ1v) is 7.27. The third-order valence-electron chi connectivity index (χ3n) is 2.93. The fraction of sp³-hybridized carbons (Fsp3) is 0.214. The minimum atomic E-state index is 0.414. The van der Waals surface area contributed by atoms with Crippen molar-refractivity contribution in [3.63, 3.8) is 0 Å².